The van der Waals surface area contributed by atoms with Crippen molar-refractivity contribution in [3.05, 3.63) is 52.6 Å². The van der Waals surface area contributed by atoms with Crippen LogP contribution in [0.2, 0.25) is 0 Å². The summed E-state index contributed by atoms with van der Waals surface area (Å²) in [6, 6.07) is 4.82. The van der Waals surface area contributed by atoms with E-state index < -0.39 is 0 Å². The van der Waals surface area contributed by atoms with Crippen molar-refractivity contribution < 1.29 is 4.74 Å². The van der Waals surface area contributed by atoms with E-state index in [1.165, 1.54) is 0 Å². The molecule has 2 fully saturated rings. The topological polar surface area (TPSA) is 88.4 Å². The molecule has 3 aromatic rings. The molecule has 3 aromatic heterocycles. The van der Waals surface area contributed by atoms with Gasteiger partial charge >= 0.3 is 0 Å². The minimum absolute atomic E-state index is 0.0800. The molecule has 1 saturated heterocycles. The van der Waals surface area contributed by atoms with Gasteiger partial charge in [0.15, 0.2) is 0 Å². The van der Waals surface area contributed by atoms with Gasteiger partial charge < -0.3 is 19.9 Å². The van der Waals surface area contributed by atoms with Crippen LogP contribution in [0.15, 0.2) is 35.9 Å². The number of piperidine rings is 1. The van der Waals surface area contributed by atoms with Crippen LogP contribution in [0.25, 0.3) is 16.8 Å². The van der Waals surface area contributed by atoms with E-state index in [1.807, 2.05) is 23.8 Å². The van der Waals surface area contributed by atoms with Crippen LogP contribution in [-0.4, -0.2) is 64.3 Å². The molecule has 0 bridgehead atoms. The van der Waals surface area contributed by atoms with Gasteiger partial charge in [0.05, 0.1) is 24.1 Å². The number of nitrogens with one attached hydrogen (secondary N) is 1. The van der Waals surface area contributed by atoms with Crippen LogP contribution in [0.4, 0.5) is 17.5 Å². The van der Waals surface area contributed by atoms with Crippen molar-refractivity contribution in [2.45, 2.75) is 77.3 Å². The number of pyridine rings is 2. The van der Waals surface area contributed by atoms with Gasteiger partial charge in [-0.05, 0) is 70.8 Å². The number of anilines is 3. The number of aryl methyl sites for hydroxylation is 1. The van der Waals surface area contributed by atoms with E-state index in [4.69, 9.17) is 9.72 Å². The molecular weight excluding hydrogens is 502 g/mol. The largest absolute Gasteiger partial charge is 0.493 e. The SMILES string of the molecule is C=C(OCCCC)c1c(C)c2cnc(Nc3ccc(N4CCC(N(C)C)CC4)cn3)nc2n(C2CCCC2)c1=O. The number of fused-ring (bicyclic) bond motifs is 1. The van der Waals surface area contributed by atoms with E-state index in [0.29, 0.717) is 41.4 Å². The summed E-state index contributed by atoms with van der Waals surface area (Å²) in [5.41, 5.74) is 3.04. The van der Waals surface area contributed by atoms with Gasteiger partial charge in [-0.3, -0.25) is 9.36 Å². The number of aromatic nitrogens is 4. The normalized spacial score (nSPS) is 16.7. The molecule has 0 spiro atoms. The van der Waals surface area contributed by atoms with Gasteiger partial charge in [0.25, 0.3) is 5.56 Å². The molecule has 1 aliphatic heterocycles. The average Bonchev–Trinajstić information content (AvgIpc) is 3.48. The van der Waals surface area contributed by atoms with Gasteiger partial charge in [-0.15, -0.1) is 0 Å². The van der Waals surface area contributed by atoms with Crippen molar-refractivity contribution in [1.29, 1.82) is 0 Å². The van der Waals surface area contributed by atoms with Crippen LogP contribution < -0.4 is 15.8 Å². The Labute approximate surface area is 237 Å². The third kappa shape index (κ3) is 5.84. The summed E-state index contributed by atoms with van der Waals surface area (Å²) in [4.78, 5) is 32.7. The highest BCUT2D eigenvalue weighted by molar-refractivity contribution is 5.84. The zero-order valence-corrected chi connectivity index (χ0v) is 24.4. The molecule has 1 aliphatic carbocycles. The van der Waals surface area contributed by atoms with Gasteiger partial charge in [-0.25, -0.2) is 9.97 Å². The van der Waals surface area contributed by atoms with Crippen LogP contribution in [0.3, 0.4) is 0 Å². The van der Waals surface area contributed by atoms with E-state index in [-0.39, 0.29) is 11.6 Å². The van der Waals surface area contributed by atoms with Gasteiger partial charge in [0.2, 0.25) is 5.95 Å². The Morgan fingerprint density at radius 3 is 2.52 bits per heavy atom. The number of rotatable bonds is 10. The van der Waals surface area contributed by atoms with Crippen molar-refractivity contribution in [2.75, 3.05) is 44.0 Å². The Hall–Kier alpha value is -3.46. The summed E-state index contributed by atoms with van der Waals surface area (Å²) in [6.45, 7) is 10.8. The van der Waals surface area contributed by atoms with Crippen LogP contribution in [0.5, 0.6) is 0 Å². The third-order valence-corrected chi connectivity index (χ3v) is 8.50. The number of hydrogen-bond acceptors (Lipinski definition) is 8. The molecule has 40 heavy (non-hydrogen) atoms. The van der Waals surface area contributed by atoms with E-state index in [9.17, 15) is 4.79 Å². The van der Waals surface area contributed by atoms with Crippen LogP contribution in [-0.2, 0) is 4.74 Å². The van der Waals surface area contributed by atoms with Gasteiger partial charge in [-0.1, -0.05) is 32.8 Å². The third-order valence-electron chi connectivity index (χ3n) is 8.50. The Morgan fingerprint density at radius 2 is 1.88 bits per heavy atom. The first kappa shape index (κ1) is 28.1. The lowest BCUT2D eigenvalue weighted by molar-refractivity contribution is 0.249. The summed E-state index contributed by atoms with van der Waals surface area (Å²) in [6.07, 6.45) is 12.1. The average molecular weight is 546 g/mol. The highest BCUT2D eigenvalue weighted by atomic mass is 16.5. The van der Waals surface area contributed by atoms with Gasteiger partial charge in [0, 0.05) is 36.8 Å². The summed E-state index contributed by atoms with van der Waals surface area (Å²) >= 11 is 0. The number of hydrogen-bond donors (Lipinski definition) is 1. The second kappa shape index (κ2) is 12.4. The zero-order chi connectivity index (χ0) is 28.2. The highest BCUT2D eigenvalue weighted by Crippen LogP contribution is 2.33. The minimum atomic E-state index is -0.0800. The lowest BCUT2D eigenvalue weighted by Crippen LogP contribution is -2.42. The predicted molar refractivity (Wildman–Crippen MR) is 162 cm³/mol. The highest BCUT2D eigenvalue weighted by Gasteiger charge is 2.26. The maximum Gasteiger partial charge on any atom is 0.263 e. The molecule has 0 unspecified atom stereocenters. The lowest BCUT2D eigenvalue weighted by Gasteiger charge is -2.36. The molecule has 9 heteroatoms. The van der Waals surface area contributed by atoms with Gasteiger partial charge in [-0.2, -0.15) is 4.98 Å². The van der Waals surface area contributed by atoms with E-state index in [0.717, 1.165) is 81.1 Å². The fourth-order valence-corrected chi connectivity index (χ4v) is 6.04. The Bertz CT molecular complexity index is 1390. The summed E-state index contributed by atoms with van der Waals surface area (Å²) in [7, 11) is 4.31. The molecule has 0 amide bonds. The summed E-state index contributed by atoms with van der Waals surface area (Å²) in [5.74, 6) is 1.53. The fraction of sp³-hybridized carbons (Fsp3) is 0.548. The second-order valence-corrected chi connectivity index (χ2v) is 11.4. The Kier molecular flexibility index (Phi) is 8.69. The molecule has 0 radical (unpaired) electrons. The Balaban J connectivity index is 1.41. The van der Waals surface area contributed by atoms with Crippen molar-refractivity contribution in [1.82, 2.24) is 24.4 Å². The Morgan fingerprint density at radius 1 is 1.12 bits per heavy atom. The van der Waals surface area contributed by atoms with E-state index >= 15 is 0 Å². The molecule has 0 aromatic carbocycles. The molecule has 9 nitrogen and oxygen atoms in total. The molecule has 1 saturated carbocycles. The first-order valence-corrected chi connectivity index (χ1v) is 14.8. The minimum Gasteiger partial charge on any atom is -0.493 e. The first-order chi connectivity index (χ1) is 19.4. The fourth-order valence-electron chi connectivity index (χ4n) is 6.04. The first-order valence-electron chi connectivity index (χ1n) is 14.8. The predicted octanol–water partition coefficient (Wildman–Crippen LogP) is 5.67. The standard InChI is InChI=1S/C31H43N7O2/c1-6-7-18-40-22(3)28-21(2)26-20-33-31(35-29(26)38(30(28)39)24-10-8-9-11-24)34-27-13-12-25(19-32-27)37-16-14-23(15-17-37)36(4)5/h12-13,19-20,23-24H,3,6-11,14-18H2,1-2,4-5H3,(H,32,33,34,35). The molecule has 5 rings (SSSR count). The van der Waals surface area contributed by atoms with Crippen molar-refractivity contribution in [3.8, 4) is 0 Å². The zero-order valence-electron chi connectivity index (χ0n) is 24.4. The summed E-state index contributed by atoms with van der Waals surface area (Å²) in [5, 5.41) is 4.10. The van der Waals surface area contributed by atoms with Crippen molar-refractivity contribution in [2.24, 2.45) is 0 Å². The smallest absolute Gasteiger partial charge is 0.263 e. The van der Waals surface area contributed by atoms with Gasteiger partial charge in [0.1, 0.15) is 17.2 Å². The van der Waals surface area contributed by atoms with Crippen LogP contribution >= 0.6 is 0 Å². The quantitative estimate of drug-likeness (QED) is 0.258. The summed E-state index contributed by atoms with van der Waals surface area (Å²) < 4.78 is 7.75. The molecule has 0 atom stereocenters. The molecule has 4 heterocycles. The molecular formula is C31H43N7O2. The van der Waals surface area contributed by atoms with Crippen molar-refractivity contribution in [3.63, 3.8) is 0 Å². The number of unbranched alkanes of at least 4 members (excludes halogenated alkanes) is 1. The molecule has 2 aliphatic rings. The van der Waals surface area contributed by atoms with E-state index in [1.54, 1.807) is 6.20 Å². The lowest BCUT2D eigenvalue weighted by atomic mass is 10.0. The van der Waals surface area contributed by atoms with Crippen molar-refractivity contribution >= 4 is 34.2 Å². The molecule has 214 valence electrons. The molecule has 1 N–H and O–H groups in total. The maximum absolute atomic E-state index is 13.9. The number of ether oxygens (including phenoxy) is 1. The van der Waals surface area contributed by atoms with E-state index in [2.05, 4.69) is 58.7 Å². The van der Waals surface area contributed by atoms with Crippen LogP contribution in [0, 0.1) is 6.92 Å². The monoisotopic (exact) mass is 545 g/mol. The maximum atomic E-state index is 13.9. The second-order valence-electron chi connectivity index (χ2n) is 11.4. The number of nitrogens with zero attached hydrogens (tertiary/aromatic N) is 6. The van der Waals surface area contributed by atoms with Crippen LogP contribution in [0.1, 0.15) is 75.5 Å².